The van der Waals surface area contributed by atoms with Gasteiger partial charge in [0.15, 0.2) is 6.23 Å². The number of hydrogen-bond acceptors (Lipinski definition) is 7. The molecule has 0 aliphatic carbocycles. The highest BCUT2D eigenvalue weighted by atomic mass is 16.6. The van der Waals surface area contributed by atoms with Gasteiger partial charge in [-0.05, 0) is 87.4 Å². The van der Waals surface area contributed by atoms with E-state index >= 15 is 0 Å². The summed E-state index contributed by atoms with van der Waals surface area (Å²) in [4.78, 5) is 4.40. The molecule has 0 saturated heterocycles. The van der Waals surface area contributed by atoms with Crippen LogP contribution in [-0.2, 0) is 9.47 Å². The van der Waals surface area contributed by atoms with Gasteiger partial charge in [-0.3, -0.25) is 25.8 Å². The Kier molecular flexibility index (Phi) is 14.3. The van der Waals surface area contributed by atoms with Crippen LogP contribution in [0, 0.1) is 5.41 Å². The van der Waals surface area contributed by atoms with Gasteiger partial charge in [-0.1, -0.05) is 55.4 Å². The molecule has 0 aliphatic rings. The van der Waals surface area contributed by atoms with Crippen molar-refractivity contribution in [3.05, 3.63) is 0 Å². The molecule has 7 nitrogen and oxygen atoms in total. The van der Waals surface area contributed by atoms with E-state index in [1.807, 2.05) is 7.05 Å². The Bertz CT molecular complexity index is 543. The Balaban J connectivity index is 7.20. The second kappa shape index (κ2) is 14.5. The van der Waals surface area contributed by atoms with Crippen LogP contribution in [0.15, 0.2) is 0 Å². The van der Waals surface area contributed by atoms with Crippen LogP contribution >= 0.6 is 0 Å². The summed E-state index contributed by atoms with van der Waals surface area (Å²) < 4.78 is 14.4. The third-order valence-electron chi connectivity index (χ3n) is 8.83. The van der Waals surface area contributed by atoms with Crippen LogP contribution in [-0.4, -0.2) is 88.1 Å². The highest BCUT2D eigenvalue weighted by Gasteiger charge is 2.62. The predicted molar refractivity (Wildman–Crippen MR) is 147 cm³/mol. The minimum Gasteiger partial charge on any atom is -0.354 e. The second-order valence-electron chi connectivity index (χ2n) is 10.2. The van der Waals surface area contributed by atoms with Crippen molar-refractivity contribution in [2.75, 3.05) is 48.8 Å². The Labute approximate surface area is 213 Å². The molecular formula is C27H61N5O2. The number of hydrogen-bond donors (Lipinski definition) is 3. The van der Waals surface area contributed by atoms with Gasteiger partial charge in [0.05, 0.1) is 6.10 Å². The molecule has 2 atom stereocenters. The van der Waals surface area contributed by atoms with Crippen molar-refractivity contribution in [3.8, 4) is 0 Å². The fourth-order valence-corrected chi connectivity index (χ4v) is 5.96. The summed E-state index contributed by atoms with van der Waals surface area (Å²) in [5.74, 6) is -0.867. The van der Waals surface area contributed by atoms with Crippen molar-refractivity contribution in [1.29, 1.82) is 0 Å². The molecule has 206 valence electrons. The van der Waals surface area contributed by atoms with E-state index in [1.54, 1.807) is 0 Å². The van der Waals surface area contributed by atoms with Crippen LogP contribution < -0.4 is 16.0 Å². The zero-order valence-corrected chi connectivity index (χ0v) is 25.3. The molecule has 0 aromatic carbocycles. The van der Waals surface area contributed by atoms with E-state index in [1.165, 1.54) is 0 Å². The van der Waals surface area contributed by atoms with Gasteiger partial charge in [0.1, 0.15) is 11.3 Å². The van der Waals surface area contributed by atoms with E-state index in [2.05, 4.69) is 116 Å². The first-order valence-corrected chi connectivity index (χ1v) is 13.7. The van der Waals surface area contributed by atoms with Gasteiger partial charge >= 0.3 is 0 Å². The topological polar surface area (TPSA) is 61.0 Å². The lowest BCUT2D eigenvalue weighted by Gasteiger charge is -2.62. The first kappa shape index (κ1) is 33.7. The van der Waals surface area contributed by atoms with Crippen molar-refractivity contribution >= 4 is 0 Å². The van der Waals surface area contributed by atoms with E-state index in [0.29, 0.717) is 0 Å². The lowest BCUT2D eigenvalue weighted by molar-refractivity contribution is -0.340. The minimum absolute atomic E-state index is 0.0450. The molecule has 0 spiro atoms. The van der Waals surface area contributed by atoms with Crippen molar-refractivity contribution in [1.82, 2.24) is 25.8 Å². The van der Waals surface area contributed by atoms with Crippen LogP contribution in [0.25, 0.3) is 0 Å². The first-order valence-electron chi connectivity index (χ1n) is 13.7. The maximum absolute atomic E-state index is 7.56. The predicted octanol–water partition coefficient (Wildman–Crippen LogP) is 4.44. The molecule has 7 heteroatoms. The molecule has 0 aliphatic heterocycles. The standard InChI is InChI=1S/C27H61N5O2/c1-15-22(16-2)33-23(31(12)13)26(28-9,32(14)21-7)34-25(19-5,20-6)27(29-10,30-11)24(8,17-3)18-4/h22-23,28-30H,15-21H2,1-14H3. The van der Waals surface area contributed by atoms with Gasteiger partial charge in [0, 0.05) is 5.41 Å². The zero-order chi connectivity index (χ0) is 26.8. The molecule has 0 aromatic heterocycles. The van der Waals surface area contributed by atoms with Crippen molar-refractivity contribution in [2.45, 2.75) is 123 Å². The van der Waals surface area contributed by atoms with Gasteiger partial charge in [0.2, 0.25) is 5.85 Å². The normalized spacial score (nSPS) is 16.5. The molecule has 3 N–H and O–H groups in total. The fraction of sp³-hybridized carbons (Fsp3) is 1.00. The van der Waals surface area contributed by atoms with E-state index < -0.39 is 17.1 Å². The molecule has 0 rings (SSSR count). The second-order valence-corrected chi connectivity index (χ2v) is 10.2. The zero-order valence-electron chi connectivity index (χ0n) is 25.3. The molecule has 0 heterocycles. The summed E-state index contributed by atoms with van der Waals surface area (Å²) in [5, 5.41) is 11.1. The van der Waals surface area contributed by atoms with E-state index in [4.69, 9.17) is 9.47 Å². The Morgan fingerprint density at radius 3 is 1.47 bits per heavy atom. The number of likely N-dealkylation sites (N-methyl/N-ethyl adjacent to an activating group) is 5. The first-order chi connectivity index (χ1) is 15.9. The SMILES string of the molecule is CCC(CC)OC(N(C)C)C(NC)(OC(CC)(CC)C(NC)(NC)C(C)(CC)CC)N(C)CC. The smallest absolute Gasteiger partial charge is 0.218 e. The van der Waals surface area contributed by atoms with E-state index in [9.17, 15) is 0 Å². The monoisotopic (exact) mass is 487 g/mol. The quantitative estimate of drug-likeness (QED) is 0.233. The van der Waals surface area contributed by atoms with Gasteiger partial charge in [0.25, 0.3) is 0 Å². The van der Waals surface area contributed by atoms with Crippen LogP contribution in [0.3, 0.4) is 0 Å². The molecule has 0 fully saturated rings. The Morgan fingerprint density at radius 2 is 1.21 bits per heavy atom. The minimum atomic E-state index is -0.867. The number of rotatable bonds is 19. The summed E-state index contributed by atoms with van der Waals surface area (Å²) in [6.45, 7) is 18.8. The van der Waals surface area contributed by atoms with Gasteiger partial charge in [-0.15, -0.1) is 0 Å². The highest BCUT2D eigenvalue weighted by Crippen LogP contribution is 2.49. The van der Waals surface area contributed by atoms with Crippen molar-refractivity contribution < 1.29 is 9.47 Å². The van der Waals surface area contributed by atoms with Gasteiger partial charge in [-0.2, -0.15) is 0 Å². The third kappa shape index (κ3) is 5.99. The van der Waals surface area contributed by atoms with E-state index in [0.717, 1.165) is 45.1 Å². The Hall–Kier alpha value is -0.280. The summed E-state index contributed by atoms with van der Waals surface area (Å²) in [7, 11) is 12.4. The molecule has 0 aromatic rings. The highest BCUT2D eigenvalue weighted by molar-refractivity contribution is 5.12. The van der Waals surface area contributed by atoms with Crippen LogP contribution in [0.5, 0.6) is 0 Å². The van der Waals surface area contributed by atoms with Crippen molar-refractivity contribution in [2.24, 2.45) is 5.41 Å². The number of nitrogens with zero attached hydrogens (tertiary/aromatic N) is 2. The van der Waals surface area contributed by atoms with Crippen LogP contribution in [0.4, 0.5) is 0 Å². The average Bonchev–Trinajstić information content (AvgIpc) is 2.87. The molecule has 0 radical (unpaired) electrons. The average molecular weight is 488 g/mol. The summed E-state index contributed by atoms with van der Waals surface area (Å²) in [6, 6.07) is 0. The summed E-state index contributed by atoms with van der Waals surface area (Å²) in [6.07, 6.45) is 5.49. The molecule has 34 heavy (non-hydrogen) atoms. The van der Waals surface area contributed by atoms with Gasteiger partial charge in [-0.25, -0.2) is 0 Å². The maximum atomic E-state index is 7.56. The lowest BCUT2D eigenvalue weighted by Crippen LogP contribution is -2.81. The van der Waals surface area contributed by atoms with Crippen LogP contribution in [0.1, 0.15) is 93.9 Å². The molecule has 0 saturated carbocycles. The molecular weight excluding hydrogens is 426 g/mol. The summed E-state index contributed by atoms with van der Waals surface area (Å²) >= 11 is 0. The third-order valence-corrected chi connectivity index (χ3v) is 8.83. The number of ether oxygens (including phenoxy) is 2. The van der Waals surface area contributed by atoms with Crippen molar-refractivity contribution in [3.63, 3.8) is 0 Å². The largest absolute Gasteiger partial charge is 0.354 e. The van der Waals surface area contributed by atoms with Gasteiger partial charge < -0.3 is 9.47 Å². The van der Waals surface area contributed by atoms with E-state index in [-0.39, 0.29) is 17.7 Å². The summed E-state index contributed by atoms with van der Waals surface area (Å²) in [5.41, 5.74) is -1.04. The molecule has 0 amide bonds. The maximum Gasteiger partial charge on any atom is 0.218 e. The lowest BCUT2D eigenvalue weighted by atomic mass is 9.62. The number of nitrogens with one attached hydrogen (secondary N) is 3. The molecule has 2 unspecified atom stereocenters. The molecule has 0 bridgehead atoms. The Morgan fingerprint density at radius 1 is 0.735 bits per heavy atom. The fourth-order valence-electron chi connectivity index (χ4n) is 5.96. The van der Waals surface area contributed by atoms with Crippen LogP contribution in [0.2, 0.25) is 0 Å².